The summed E-state index contributed by atoms with van der Waals surface area (Å²) in [7, 11) is 0. The van der Waals surface area contributed by atoms with E-state index < -0.39 is 0 Å². The number of hydrogen-bond acceptors (Lipinski definition) is 3. The first-order chi connectivity index (χ1) is 12.3. The Bertz CT molecular complexity index is 772. The number of allylic oxidation sites excluding steroid dienone is 5. The minimum atomic E-state index is -0.218. The van der Waals surface area contributed by atoms with E-state index in [0.29, 0.717) is 11.8 Å². The van der Waals surface area contributed by atoms with Crippen LogP contribution in [0.3, 0.4) is 0 Å². The van der Waals surface area contributed by atoms with Crippen LogP contribution in [0.5, 0.6) is 0 Å². The Kier molecular flexibility index (Phi) is 3.87. The smallest absolute Gasteiger partial charge is 0.150 e. The first kappa shape index (κ1) is 17.7. The molecule has 0 aromatic heterocycles. The van der Waals surface area contributed by atoms with E-state index in [1.165, 1.54) is 5.57 Å². The lowest BCUT2D eigenvalue weighted by molar-refractivity contribution is -0.129. The minimum Gasteiger partial charge on any atom is -0.325 e. The standard InChI is InChI=1S/C23H30N2O/c1-15-6-10-21(2)16(14-15)7-12-23(25)19-5-4-17(18(26)9-13-24)22(19,3)11-8-20(21)23/h6,10,14,17,19-20H,1,4-5,7-9,11-12,25H2,2-3H3. The van der Waals surface area contributed by atoms with E-state index in [-0.39, 0.29) is 34.5 Å². The van der Waals surface area contributed by atoms with Crippen molar-refractivity contribution in [2.24, 2.45) is 34.3 Å². The molecular weight excluding hydrogens is 320 g/mol. The second-order valence-electron chi connectivity index (χ2n) is 9.55. The molecule has 3 heteroatoms. The summed E-state index contributed by atoms with van der Waals surface area (Å²) in [6.07, 6.45) is 12.9. The molecule has 6 atom stereocenters. The zero-order chi connectivity index (χ0) is 18.7. The van der Waals surface area contributed by atoms with Crippen molar-refractivity contribution in [1.29, 1.82) is 5.26 Å². The van der Waals surface area contributed by atoms with Crippen LogP contribution in [0.4, 0.5) is 0 Å². The molecule has 0 radical (unpaired) electrons. The quantitative estimate of drug-likeness (QED) is 0.799. The fourth-order valence-electron chi connectivity index (χ4n) is 7.22. The van der Waals surface area contributed by atoms with Gasteiger partial charge in [0.1, 0.15) is 0 Å². The molecule has 0 spiro atoms. The minimum absolute atomic E-state index is 0.0138. The van der Waals surface area contributed by atoms with Crippen LogP contribution in [0.25, 0.3) is 0 Å². The summed E-state index contributed by atoms with van der Waals surface area (Å²) in [6.45, 7) is 8.74. The monoisotopic (exact) mass is 350 g/mol. The highest BCUT2D eigenvalue weighted by atomic mass is 16.1. The van der Waals surface area contributed by atoms with E-state index in [4.69, 9.17) is 11.0 Å². The van der Waals surface area contributed by atoms with Gasteiger partial charge in [0.2, 0.25) is 0 Å². The van der Waals surface area contributed by atoms with Crippen molar-refractivity contribution in [1.82, 2.24) is 0 Å². The first-order valence-corrected chi connectivity index (χ1v) is 10.0. The molecule has 3 nitrogen and oxygen atoms in total. The number of hydrogen-bond donors (Lipinski definition) is 1. The number of nitrogens with two attached hydrogens (primary N) is 1. The van der Waals surface area contributed by atoms with Crippen LogP contribution in [0, 0.1) is 39.9 Å². The number of carbonyl (C=O) groups excluding carboxylic acids is 1. The Morgan fingerprint density at radius 3 is 2.81 bits per heavy atom. The molecule has 138 valence electrons. The molecule has 0 saturated heterocycles. The maximum atomic E-state index is 12.6. The fourth-order valence-corrected chi connectivity index (χ4v) is 7.22. The van der Waals surface area contributed by atoms with E-state index in [9.17, 15) is 4.79 Å². The molecule has 6 unspecified atom stereocenters. The van der Waals surface area contributed by atoms with Crippen molar-refractivity contribution in [3.63, 3.8) is 0 Å². The van der Waals surface area contributed by atoms with Gasteiger partial charge in [-0.05, 0) is 61.3 Å². The second-order valence-corrected chi connectivity index (χ2v) is 9.55. The van der Waals surface area contributed by atoms with Gasteiger partial charge in [-0.15, -0.1) is 0 Å². The van der Waals surface area contributed by atoms with Crippen molar-refractivity contribution in [2.45, 2.75) is 64.3 Å². The molecule has 2 N–H and O–H groups in total. The van der Waals surface area contributed by atoms with E-state index >= 15 is 0 Å². The Morgan fingerprint density at radius 2 is 2.08 bits per heavy atom. The fraction of sp³-hybridized carbons (Fsp3) is 0.652. The second kappa shape index (κ2) is 5.67. The SMILES string of the molecule is C=C1C=CC2(C)C(=C1)CCC1(N)C2CCC2(C)C(C(=O)CC#N)CCC21. The lowest BCUT2D eigenvalue weighted by Crippen LogP contribution is -2.66. The zero-order valence-electron chi connectivity index (χ0n) is 16.1. The van der Waals surface area contributed by atoms with Gasteiger partial charge in [0.15, 0.2) is 5.78 Å². The maximum Gasteiger partial charge on any atom is 0.150 e. The molecular formula is C23H30N2O. The third-order valence-corrected chi connectivity index (χ3v) is 8.49. The van der Waals surface area contributed by atoms with Gasteiger partial charge in [0.25, 0.3) is 0 Å². The number of Topliss-reactive ketones (excluding diaryl/α,β-unsaturated/α-hetero) is 1. The Labute approximate surface area is 157 Å². The molecule has 4 aliphatic rings. The topological polar surface area (TPSA) is 66.9 Å². The molecule has 0 amide bonds. The zero-order valence-corrected chi connectivity index (χ0v) is 16.1. The van der Waals surface area contributed by atoms with Crippen LogP contribution in [0.1, 0.15) is 58.8 Å². The lowest BCUT2D eigenvalue weighted by atomic mass is 9.44. The number of carbonyl (C=O) groups is 1. The highest BCUT2D eigenvalue weighted by molar-refractivity contribution is 5.84. The Balaban J connectivity index is 1.70. The number of fused-ring (bicyclic) bond motifs is 5. The van der Waals surface area contributed by atoms with E-state index in [1.807, 2.05) is 0 Å². The molecule has 3 saturated carbocycles. The summed E-state index contributed by atoms with van der Waals surface area (Å²) in [5, 5.41) is 8.98. The largest absolute Gasteiger partial charge is 0.325 e. The van der Waals surface area contributed by atoms with E-state index in [2.05, 4.69) is 44.7 Å². The average molecular weight is 351 g/mol. The third kappa shape index (κ3) is 2.18. The summed E-state index contributed by atoms with van der Waals surface area (Å²) in [6, 6.07) is 2.06. The molecule has 0 aromatic carbocycles. The number of ketones is 1. The third-order valence-electron chi connectivity index (χ3n) is 8.49. The van der Waals surface area contributed by atoms with Gasteiger partial charge in [-0.3, -0.25) is 4.79 Å². The maximum absolute atomic E-state index is 12.6. The van der Waals surface area contributed by atoms with Crippen molar-refractivity contribution in [3.05, 3.63) is 36.0 Å². The van der Waals surface area contributed by atoms with E-state index in [0.717, 1.165) is 44.1 Å². The van der Waals surface area contributed by atoms with E-state index in [1.54, 1.807) is 0 Å². The lowest BCUT2D eigenvalue weighted by Gasteiger charge is -2.62. The first-order valence-electron chi connectivity index (χ1n) is 10.0. The van der Waals surface area contributed by atoms with Crippen molar-refractivity contribution in [2.75, 3.05) is 0 Å². The summed E-state index contributed by atoms with van der Waals surface area (Å²) in [5.74, 6) is 0.941. The van der Waals surface area contributed by atoms with Crippen LogP contribution in [0.2, 0.25) is 0 Å². The number of rotatable bonds is 2. The molecule has 0 aromatic rings. The average Bonchev–Trinajstić information content (AvgIpc) is 2.94. The molecule has 0 bridgehead atoms. The predicted molar refractivity (Wildman–Crippen MR) is 103 cm³/mol. The summed E-state index contributed by atoms with van der Waals surface area (Å²) in [5.41, 5.74) is 9.56. The summed E-state index contributed by atoms with van der Waals surface area (Å²) >= 11 is 0. The number of nitriles is 1. The van der Waals surface area contributed by atoms with Crippen LogP contribution in [-0.2, 0) is 4.79 Å². The van der Waals surface area contributed by atoms with Crippen LogP contribution in [-0.4, -0.2) is 11.3 Å². The van der Waals surface area contributed by atoms with Gasteiger partial charge in [0, 0.05) is 16.9 Å². The van der Waals surface area contributed by atoms with Gasteiger partial charge in [-0.2, -0.15) is 5.26 Å². The molecule has 26 heavy (non-hydrogen) atoms. The van der Waals surface area contributed by atoms with Crippen LogP contribution >= 0.6 is 0 Å². The highest BCUT2D eigenvalue weighted by Crippen LogP contribution is 2.67. The summed E-state index contributed by atoms with van der Waals surface area (Å²) in [4.78, 5) is 12.6. The van der Waals surface area contributed by atoms with Gasteiger partial charge >= 0.3 is 0 Å². The molecule has 3 fully saturated rings. The van der Waals surface area contributed by atoms with Gasteiger partial charge in [-0.25, -0.2) is 0 Å². The Hall–Kier alpha value is -1.66. The summed E-state index contributed by atoms with van der Waals surface area (Å²) < 4.78 is 0. The van der Waals surface area contributed by atoms with Gasteiger partial charge < -0.3 is 5.73 Å². The van der Waals surface area contributed by atoms with Crippen molar-refractivity contribution >= 4 is 5.78 Å². The van der Waals surface area contributed by atoms with Gasteiger partial charge in [-0.1, -0.05) is 44.2 Å². The van der Waals surface area contributed by atoms with Crippen molar-refractivity contribution < 1.29 is 4.79 Å². The highest BCUT2D eigenvalue weighted by Gasteiger charge is 2.64. The van der Waals surface area contributed by atoms with Crippen LogP contribution in [0.15, 0.2) is 36.0 Å². The number of nitrogens with zero attached hydrogens (tertiary/aromatic N) is 1. The normalized spacial score (nSPS) is 46.6. The molecule has 0 heterocycles. The molecule has 4 aliphatic carbocycles. The molecule has 0 aliphatic heterocycles. The van der Waals surface area contributed by atoms with Crippen LogP contribution < -0.4 is 5.73 Å². The Morgan fingerprint density at radius 1 is 1.31 bits per heavy atom. The predicted octanol–water partition coefficient (Wildman–Crippen LogP) is 4.46. The van der Waals surface area contributed by atoms with Gasteiger partial charge in [0.05, 0.1) is 12.5 Å². The van der Waals surface area contributed by atoms with Crippen molar-refractivity contribution in [3.8, 4) is 6.07 Å². The molecule has 4 rings (SSSR count).